The van der Waals surface area contributed by atoms with Gasteiger partial charge in [0.25, 0.3) is 5.56 Å². The molecule has 0 aliphatic carbocycles. The summed E-state index contributed by atoms with van der Waals surface area (Å²) in [5.74, 6) is 0.655. The molecule has 0 saturated carbocycles. The van der Waals surface area contributed by atoms with Crippen LogP contribution in [0.25, 0.3) is 10.2 Å². The number of thiophene rings is 1. The SMILES string of the molecule is Cc1cc(Cn2cnc3ccsc3c2=O)on1. The molecule has 3 aromatic heterocycles. The second-order valence-corrected chi connectivity index (χ2v) is 4.66. The third kappa shape index (κ3) is 1.76. The predicted molar refractivity (Wildman–Crippen MR) is 64.2 cm³/mol. The summed E-state index contributed by atoms with van der Waals surface area (Å²) in [7, 11) is 0. The minimum absolute atomic E-state index is 0.0425. The Balaban J connectivity index is 2.06. The highest BCUT2D eigenvalue weighted by molar-refractivity contribution is 7.17. The lowest BCUT2D eigenvalue weighted by Gasteiger charge is -2.01. The molecule has 86 valence electrons. The van der Waals surface area contributed by atoms with Crippen LogP contribution in [-0.2, 0) is 6.54 Å². The molecule has 5 nitrogen and oxygen atoms in total. The molecule has 0 aliphatic rings. The molecular formula is C11H9N3O2S. The molecule has 0 spiro atoms. The summed E-state index contributed by atoms with van der Waals surface area (Å²) in [6, 6.07) is 3.65. The maximum Gasteiger partial charge on any atom is 0.271 e. The van der Waals surface area contributed by atoms with E-state index in [1.165, 1.54) is 22.2 Å². The fourth-order valence-corrected chi connectivity index (χ4v) is 2.44. The molecule has 0 amide bonds. The van der Waals surface area contributed by atoms with Crippen molar-refractivity contribution in [3.05, 3.63) is 45.6 Å². The predicted octanol–water partition coefficient (Wildman–Crippen LogP) is 1.80. The number of fused-ring (bicyclic) bond motifs is 1. The molecule has 3 heterocycles. The second-order valence-electron chi connectivity index (χ2n) is 3.75. The van der Waals surface area contributed by atoms with Gasteiger partial charge < -0.3 is 4.52 Å². The summed E-state index contributed by atoms with van der Waals surface area (Å²) in [6.07, 6.45) is 1.54. The van der Waals surface area contributed by atoms with E-state index in [0.717, 1.165) is 11.2 Å². The number of aryl methyl sites for hydroxylation is 1. The molecule has 0 saturated heterocycles. The number of rotatable bonds is 2. The monoisotopic (exact) mass is 247 g/mol. The van der Waals surface area contributed by atoms with Gasteiger partial charge in [0.05, 0.1) is 24.1 Å². The normalized spacial score (nSPS) is 11.1. The van der Waals surface area contributed by atoms with E-state index in [4.69, 9.17) is 4.52 Å². The van der Waals surface area contributed by atoms with Crippen molar-refractivity contribution in [2.24, 2.45) is 0 Å². The Morgan fingerprint density at radius 1 is 1.53 bits per heavy atom. The molecule has 0 radical (unpaired) electrons. The molecule has 3 rings (SSSR count). The van der Waals surface area contributed by atoms with Gasteiger partial charge in [0.2, 0.25) is 0 Å². The Bertz CT molecular complexity index is 725. The Hall–Kier alpha value is -1.95. The molecule has 3 aromatic rings. The molecular weight excluding hydrogens is 238 g/mol. The van der Waals surface area contributed by atoms with Gasteiger partial charge in [0.15, 0.2) is 5.76 Å². The maximum atomic E-state index is 12.1. The number of aromatic nitrogens is 3. The van der Waals surface area contributed by atoms with Gasteiger partial charge in [-0.1, -0.05) is 5.16 Å². The van der Waals surface area contributed by atoms with Crippen molar-refractivity contribution in [2.45, 2.75) is 13.5 Å². The maximum absolute atomic E-state index is 12.1. The third-order valence-electron chi connectivity index (χ3n) is 2.44. The van der Waals surface area contributed by atoms with E-state index in [1.807, 2.05) is 24.4 Å². The molecule has 6 heteroatoms. The van der Waals surface area contributed by atoms with Crippen molar-refractivity contribution in [3.63, 3.8) is 0 Å². The van der Waals surface area contributed by atoms with Crippen molar-refractivity contribution in [3.8, 4) is 0 Å². The van der Waals surface area contributed by atoms with E-state index in [-0.39, 0.29) is 5.56 Å². The van der Waals surface area contributed by atoms with Crippen molar-refractivity contribution in [1.82, 2.24) is 14.7 Å². The zero-order valence-corrected chi connectivity index (χ0v) is 9.90. The van der Waals surface area contributed by atoms with Crippen molar-refractivity contribution in [2.75, 3.05) is 0 Å². The van der Waals surface area contributed by atoms with Crippen LogP contribution < -0.4 is 5.56 Å². The van der Waals surface area contributed by atoms with Crippen LogP contribution in [0, 0.1) is 6.92 Å². The third-order valence-corrected chi connectivity index (χ3v) is 3.33. The fourth-order valence-electron chi connectivity index (χ4n) is 1.65. The molecule has 0 N–H and O–H groups in total. The Morgan fingerprint density at radius 3 is 3.18 bits per heavy atom. The van der Waals surface area contributed by atoms with Crippen molar-refractivity contribution < 1.29 is 4.52 Å². The van der Waals surface area contributed by atoms with Crippen molar-refractivity contribution in [1.29, 1.82) is 0 Å². The van der Waals surface area contributed by atoms with Crippen LogP contribution in [-0.4, -0.2) is 14.7 Å². The van der Waals surface area contributed by atoms with E-state index >= 15 is 0 Å². The summed E-state index contributed by atoms with van der Waals surface area (Å²) in [5, 5.41) is 5.65. The molecule has 0 aromatic carbocycles. The fraction of sp³-hybridized carbons (Fsp3) is 0.182. The van der Waals surface area contributed by atoms with E-state index in [1.54, 1.807) is 0 Å². The average Bonchev–Trinajstić information content (AvgIpc) is 2.92. The number of hydrogen-bond acceptors (Lipinski definition) is 5. The first-order chi connectivity index (χ1) is 8.24. The van der Waals surface area contributed by atoms with Gasteiger partial charge in [-0.05, 0) is 18.4 Å². The largest absolute Gasteiger partial charge is 0.359 e. The average molecular weight is 247 g/mol. The molecule has 0 bridgehead atoms. The first-order valence-electron chi connectivity index (χ1n) is 5.09. The van der Waals surface area contributed by atoms with E-state index in [9.17, 15) is 4.79 Å². The van der Waals surface area contributed by atoms with Crippen LogP contribution in [0.4, 0.5) is 0 Å². The van der Waals surface area contributed by atoms with Crippen LogP contribution in [0.15, 0.2) is 33.2 Å². The quantitative estimate of drug-likeness (QED) is 0.692. The first-order valence-corrected chi connectivity index (χ1v) is 5.97. The lowest BCUT2D eigenvalue weighted by atomic mass is 10.4. The number of hydrogen-bond donors (Lipinski definition) is 0. The Morgan fingerprint density at radius 2 is 2.41 bits per heavy atom. The van der Waals surface area contributed by atoms with Crippen molar-refractivity contribution >= 4 is 21.6 Å². The smallest absolute Gasteiger partial charge is 0.271 e. The molecule has 0 atom stereocenters. The molecule has 0 unspecified atom stereocenters. The molecule has 0 aliphatic heterocycles. The van der Waals surface area contributed by atoms with Gasteiger partial charge in [-0.3, -0.25) is 9.36 Å². The molecule has 17 heavy (non-hydrogen) atoms. The van der Waals surface area contributed by atoms with E-state index in [0.29, 0.717) is 17.0 Å². The Labute approximate surface area is 100 Å². The first kappa shape index (κ1) is 10.2. The summed E-state index contributed by atoms with van der Waals surface area (Å²) in [6.45, 7) is 2.21. The van der Waals surface area contributed by atoms with Gasteiger partial charge in [-0.15, -0.1) is 11.3 Å². The lowest BCUT2D eigenvalue weighted by molar-refractivity contribution is 0.371. The van der Waals surface area contributed by atoms with Gasteiger partial charge in [0.1, 0.15) is 4.70 Å². The van der Waals surface area contributed by atoms with Gasteiger partial charge in [-0.25, -0.2) is 4.98 Å². The highest BCUT2D eigenvalue weighted by Crippen LogP contribution is 2.13. The highest BCUT2D eigenvalue weighted by atomic mass is 32.1. The zero-order chi connectivity index (χ0) is 11.8. The van der Waals surface area contributed by atoms with E-state index < -0.39 is 0 Å². The highest BCUT2D eigenvalue weighted by Gasteiger charge is 2.07. The van der Waals surface area contributed by atoms with Crippen LogP contribution in [0.3, 0.4) is 0 Å². The summed E-state index contributed by atoms with van der Waals surface area (Å²) in [5.41, 5.74) is 1.50. The second kappa shape index (κ2) is 3.81. The Kier molecular flexibility index (Phi) is 2.29. The summed E-state index contributed by atoms with van der Waals surface area (Å²) in [4.78, 5) is 16.3. The lowest BCUT2D eigenvalue weighted by Crippen LogP contribution is -2.19. The zero-order valence-electron chi connectivity index (χ0n) is 9.08. The molecule has 0 fully saturated rings. The van der Waals surface area contributed by atoms with Gasteiger partial charge in [0, 0.05) is 6.07 Å². The van der Waals surface area contributed by atoms with Gasteiger partial charge in [-0.2, -0.15) is 0 Å². The summed E-state index contributed by atoms with van der Waals surface area (Å²) >= 11 is 1.40. The summed E-state index contributed by atoms with van der Waals surface area (Å²) < 4.78 is 7.28. The van der Waals surface area contributed by atoms with Crippen LogP contribution in [0.5, 0.6) is 0 Å². The minimum atomic E-state index is -0.0425. The van der Waals surface area contributed by atoms with Crippen LogP contribution in [0.2, 0.25) is 0 Å². The minimum Gasteiger partial charge on any atom is -0.359 e. The van der Waals surface area contributed by atoms with Gasteiger partial charge >= 0.3 is 0 Å². The topological polar surface area (TPSA) is 60.9 Å². The van der Waals surface area contributed by atoms with E-state index in [2.05, 4.69) is 10.1 Å². The standard InChI is InChI=1S/C11H9N3O2S/c1-7-4-8(16-13-7)5-14-6-12-9-2-3-17-10(9)11(14)15/h2-4,6H,5H2,1H3. The number of nitrogens with zero attached hydrogens (tertiary/aromatic N) is 3. The van der Waals surface area contributed by atoms with Crippen LogP contribution >= 0.6 is 11.3 Å². The van der Waals surface area contributed by atoms with Crippen LogP contribution in [0.1, 0.15) is 11.5 Å².